The van der Waals surface area contributed by atoms with Gasteiger partial charge < -0.3 is 10.1 Å². The van der Waals surface area contributed by atoms with Gasteiger partial charge in [-0.3, -0.25) is 4.90 Å². The van der Waals surface area contributed by atoms with Gasteiger partial charge in [0.05, 0.1) is 25.0 Å². The molecule has 1 aliphatic heterocycles. The highest BCUT2D eigenvalue weighted by Gasteiger charge is 2.25. The Kier molecular flexibility index (Phi) is 4.70. The molecule has 9 heteroatoms. The third-order valence-corrected chi connectivity index (χ3v) is 5.22. The molecule has 4 aromatic rings. The number of carbonyl (C=O) groups excluding carboxylic acids is 1. The first-order valence-electron chi connectivity index (χ1n) is 9.81. The molecule has 1 aliphatic rings. The first-order chi connectivity index (χ1) is 15.2. The molecule has 156 valence electrons. The fourth-order valence-electron chi connectivity index (χ4n) is 3.73. The monoisotopic (exact) mass is 418 g/mol. The number of carbonyl (C=O) groups is 1. The van der Waals surface area contributed by atoms with Crippen molar-refractivity contribution in [2.45, 2.75) is 6.54 Å². The molecular weight excluding hydrogens is 399 g/mol. The fourth-order valence-corrected chi connectivity index (χ4v) is 3.73. The van der Waals surface area contributed by atoms with Crippen LogP contribution in [0, 0.1) is 5.82 Å². The summed E-state index contributed by atoms with van der Waals surface area (Å²) in [6.45, 7) is 1.30. The van der Waals surface area contributed by atoms with E-state index in [9.17, 15) is 9.18 Å². The number of halogens is 1. The highest BCUT2D eigenvalue weighted by molar-refractivity contribution is 5.94. The van der Waals surface area contributed by atoms with E-state index in [2.05, 4.69) is 10.3 Å². The van der Waals surface area contributed by atoms with Crippen LogP contribution in [-0.2, 0) is 11.3 Å². The number of benzene rings is 1. The number of anilines is 2. The summed E-state index contributed by atoms with van der Waals surface area (Å²) >= 11 is 0. The van der Waals surface area contributed by atoms with Crippen LogP contribution in [0.5, 0.6) is 0 Å². The van der Waals surface area contributed by atoms with E-state index in [4.69, 9.17) is 14.8 Å². The molecule has 4 heterocycles. The van der Waals surface area contributed by atoms with Crippen LogP contribution in [0.3, 0.4) is 0 Å². The Morgan fingerprint density at radius 3 is 2.90 bits per heavy atom. The van der Waals surface area contributed by atoms with E-state index in [1.807, 2.05) is 24.3 Å². The number of nitrogens with one attached hydrogen (secondary N) is 1. The second kappa shape index (κ2) is 7.67. The lowest BCUT2D eigenvalue weighted by atomic mass is 10.1. The predicted octanol–water partition coefficient (Wildman–Crippen LogP) is 3.68. The molecule has 0 aliphatic carbocycles. The molecule has 1 amide bonds. The molecule has 0 saturated heterocycles. The molecule has 1 N–H and O–H groups in total. The van der Waals surface area contributed by atoms with Crippen LogP contribution in [0.2, 0.25) is 0 Å². The molecule has 3 aromatic heterocycles. The molecule has 0 fully saturated rings. The summed E-state index contributed by atoms with van der Waals surface area (Å²) in [5, 5.41) is 8.74. The maximum absolute atomic E-state index is 14.2. The van der Waals surface area contributed by atoms with Crippen molar-refractivity contribution in [1.82, 2.24) is 19.7 Å². The summed E-state index contributed by atoms with van der Waals surface area (Å²) < 4.78 is 20.7. The Morgan fingerprint density at radius 2 is 2.06 bits per heavy atom. The minimum Gasteiger partial charge on any atom is -0.452 e. The zero-order valence-corrected chi connectivity index (χ0v) is 16.7. The summed E-state index contributed by atoms with van der Waals surface area (Å²) in [6.07, 6.45) is 1.25. The van der Waals surface area contributed by atoms with E-state index >= 15 is 0 Å². The second-order valence-electron chi connectivity index (χ2n) is 7.08. The van der Waals surface area contributed by atoms with Crippen molar-refractivity contribution in [2.24, 2.45) is 0 Å². The van der Waals surface area contributed by atoms with Crippen LogP contribution in [-0.4, -0.2) is 46.0 Å². The van der Waals surface area contributed by atoms with Crippen molar-refractivity contribution in [3.8, 4) is 11.4 Å². The first kappa shape index (κ1) is 19.0. The summed E-state index contributed by atoms with van der Waals surface area (Å²) in [6, 6.07) is 14.0. The lowest BCUT2D eigenvalue weighted by Crippen LogP contribution is -2.39. The van der Waals surface area contributed by atoms with Gasteiger partial charge in [0.2, 0.25) is 0 Å². The maximum Gasteiger partial charge on any atom is 0.414 e. The van der Waals surface area contributed by atoms with Crippen molar-refractivity contribution in [2.75, 3.05) is 30.4 Å². The molecule has 31 heavy (non-hydrogen) atoms. The number of aromatic nitrogens is 4. The summed E-state index contributed by atoms with van der Waals surface area (Å²) in [5.74, 6) is 0.289. The number of nitrogens with zero attached hydrogens (tertiary/aromatic N) is 5. The van der Waals surface area contributed by atoms with Gasteiger partial charge in [-0.05, 0) is 30.3 Å². The number of pyridine rings is 2. The lowest BCUT2D eigenvalue weighted by Gasteiger charge is -2.28. The van der Waals surface area contributed by atoms with Gasteiger partial charge >= 0.3 is 6.09 Å². The Balaban J connectivity index is 1.58. The van der Waals surface area contributed by atoms with Crippen molar-refractivity contribution in [3.05, 3.63) is 66.1 Å². The summed E-state index contributed by atoms with van der Waals surface area (Å²) in [7, 11) is 1.35. The van der Waals surface area contributed by atoms with Gasteiger partial charge in [-0.1, -0.05) is 18.2 Å². The minimum atomic E-state index is -0.430. The molecule has 0 bridgehead atoms. The van der Waals surface area contributed by atoms with Gasteiger partial charge in [0.15, 0.2) is 11.5 Å². The number of hydrogen-bond donors (Lipinski definition) is 1. The van der Waals surface area contributed by atoms with Gasteiger partial charge in [0.25, 0.3) is 0 Å². The summed E-state index contributed by atoms with van der Waals surface area (Å²) in [4.78, 5) is 22.8. The SMILES string of the molecule is COC(=O)N1CCNc2nc(-c3nn(Cc4ccccc4F)c4ncccc34)ccc21. The highest BCUT2D eigenvalue weighted by atomic mass is 19.1. The van der Waals surface area contributed by atoms with E-state index in [0.717, 1.165) is 5.39 Å². The molecule has 0 unspecified atom stereocenters. The Bertz CT molecular complexity index is 1290. The highest BCUT2D eigenvalue weighted by Crippen LogP contribution is 2.33. The third-order valence-electron chi connectivity index (χ3n) is 5.22. The molecule has 8 nitrogen and oxygen atoms in total. The van der Waals surface area contributed by atoms with Gasteiger partial charge in [0, 0.05) is 30.2 Å². The van der Waals surface area contributed by atoms with Crippen molar-refractivity contribution in [1.29, 1.82) is 0 Å². The zero-order valence-electron chi connectivity index (χ0n) is 16.7. The van der Waals surface area contributed by atoms with Gasteiger partial charge in [-0.15, -0.1) is 0 Å². The van der Waals surface area contributed by atoms with E-state index in [0.29, 0.717) is 47.2 Å². The molecular formula is C22H19FN6O2. The number of amides is 1. The predicted molar refractivity (Wildman–Crippen MR) is 115 cm³/mol. The van der Waals surface area contributed by atoms with Gasteiger partial charge in [0.1, 0.15) is 11.5 Å². The Morgan fingerprint density at radius 1 is 1.19 bits per heavy atom. The largest absolute Gasteiger partial charge is 0.452 e. The molecule has 5 rings (SSSR count). The van der Waals surface area contributed by atoms with E-state index < -0.39 is 6.09 Å². The average Bonchev–Trinajstić information content (AvgIpc) is 3.18. The van der Waals surface area contributed by atoms with Crippen LogP contribution in [0.15, 0.2) is 54.7 Å². The zero-order chi connectivity index (χ0) is 21.4. The average molecular weight is 418 g/mol. The van der Waals surface area contributed by atoms with Crippen molar-refractivity contribution >= 4 is 28.6 Å². The topological polar surface area (TPSA) is 85.2 Å². The van der Waals surface area contributed by atoms with Crippen LogP contribution in [0.1, 0.15) is 5.56 Å². The number of fused-ring (bicyclic) bond motifs is 2. The van der Waals surface area contributed by atoms with Crippen LogP contribution < -0.4 is 10.2 Å². The van der Waals surface area contributed by atoms with E-state index in [1.54, 1.807) is 34.0 Å². The Hall–Kier alpha value is -4.01. The lowest BCUT2D eigenvalue weighted by molar-refractivity contribution is 0.178. The molecule has 0 radical (unpaired) electrons. The summed E-state index contributed by atoms with van der Waals surface area (Å²) in [5.41, 5.74) is 3.08. The van der Waals surface area contributed by atoms with Gasteiger partial charge in [-0.25, -0.2) is 23.8 Å². The fraction of sp³-hybridized carbons (Fsp3) is 0.182. The number of methoxy groups -OCH3 is 1. The molecule has 0 atom stereocenters. The van der Waals surface area contributed by atoms with Crippen LogP contribution in [0.4, 0.5) is 20.7 Å². The normalized spacial score (nSPS) is 13.0. The molecule has 1 aromatic carbocycles. The van der Waals surface area contributed by atoms with E-state index in [1.165, 1.54) is 13.2 Å². The Labute approximate surface area is 177 Å². The molecule has 0 spiro atoms. The number of ether oxygens (including phenoxy) is 1. The number of rotatable bonds is 3. The first-order valence-corrected chi connectivity index (χ1v) is 9.81. The minimum absolute atomic E-state index is 0.249. The smallest absolute Gasteiger partial charge is 0.414 e. The van der Waals surface area contributed by atoms with Crippen LogP contribution >= 0.6 is 0 Å². The number of hydrogen-bond acceptors (Lipinski definition) is 6. The maximum atomic E-state index is 14.2. The molecule has 0 saturated carbocycles. The van der Waals surface area contributed by atoms with E-state index in [-0.39, 0.29) is 12.4 Å². The van der Waals surface area contributed by atoms with Gasteiger partial charge in [-0.2, -0.15) is 5.10 Å². The van der Waals surface area contributed by atoms with Crippen molar-refractivity contribution in [3.63, 3.8) is 0 Å². The third kappa shape index (κ3) is 3.33. The standard InChI is InChI=1S/C22H19FN6O2/c1-31-22(30)28-12-11-24-20-18(28)9-8-17(26-20)19-15-6-4-10-25-21(15)29(27-19)13-14-5-2-3-7-16(14)23/h2-10H,11-13H2,1H3,(H,24,26). The second-order valence-corrected chi connectivity index (χ2v) is 7.08. The van der Waals surface area contributed by atoms with Crippen molar-refractivity contribution < 1.29 is 13.9 Å². The van der Waals surface area contributed by atoms with Crippen LogP contribution in [0.25, 0.3) is 22.4 Å². The quantitative estimate of drug-likeness (QED) is 0.546.